The van der Waals surface area contributed by atoms with Crippen molar-refractivity contribution in [3.8, 4) is 22.3 Å². The number of amidine groups is 2. The fourth-order valence-corrected chi connectivity index (χ4v) is 6.39. The Bertz CT molecular complexity index is 2140. The van der Waals surface area contributed by atoms with Gasteiger partial charge in [0.15, 0.2) is 11.6 Å². The molecule has 0 radical (unpaired) electrons. The van der Waals surface area contributed by atoms with Gasteiger partial charge in [-0.3, -0.25) is 0 Å². The fraction of sp³-hybridized carbons (Fsp3) is 0. The number of rotatable bonds is 4. The summed E-state index contributed by atoms with van der Waals surface area (Å²) < 4.78 is 0. The summed E-state index contributed by atoms with van der Waals surface area (Å²) in [5, 5.41) is 11.8. The average Bonchev–Trinajstić information content (AvgIpc) is 3.63. The Hall–Kier alpha value is -6.14. The van der Waals surface area contributed by atoms with Crippen LogP contribution in [0.4, 0.5) is 23.0 Å². The van der Waals surface area contributed by atoms with Gasteiger partial charge in [0.1, 0.15) is 11.7 Å². The first kappa shape index (κ1) is 24.5. The zero-order chi connectivity index (χ0) is 29.0. The van der Waals surface area contributed by atoms with E-state index in [4.69, 9.17) is 9.98 Å². The van der Waals surface area contributed by atoms with Crippen molar-refractivity contribution in [3.63, 3.8) is 0 Å². The van der Waals surface area contributed by atoms with Crippen LogP contribution in [-0.4, -0.2) is 21.6 Å². The van der Waals surface area contributed by atoms with E-state index in [-0.39, 0.29) is 0 Å². The molecule has 2 aliphatic rings. The Kier molecular flexibility index (Phi) is 5.40. The maximum atomic E-state index is 4.92. The normalized spacial score (nSPS) is 14.8. The molecule has 206 valence electrons. The number of aliphatic imine (C=N–C) groups is 2. The highest BCUT2D eigenvalue weighted by molar-refractivity contribution is 6.30. The van der Waals surface area contributed by atoms with Crippen LogP contribution in [0.1, 0.15) is 11.1 Å². The van der Waals surface area contributed by atoms with Gasteiger partial charge in [-0.2, -0.15) is 0 Å². The quantitative estimate of drug-likeness (QED) is 0.224. The van der Waals surface area contributed by atoms with Gasteiger partial charge in [0.05, 0.1) is 0 Å². The maximum Gasteiger partial charge on any atom is 0.154 e. The van der Waals surface area contributed by atoms with E-state index in [2.05, 4.69) is 106 Å². The molecule has 0 aliphatic carbocycles. The second kappa shape index (κ2) is 9.71. The molecule has 7 aromatic rings. The molecule has 6 nitrogen and oxygen atoms in total. The number of benzene rings is 5. The molecular formula is C38H24N6. The van der Waals surface area contributed by atoms with Crippen LogP contribution >= 0.6 is 0 Å². The molecule has 4 heterocycles. The highest BCUT2D eigenvalue weighted by atomic mass is 15.1. The fourth-order valence-electron chi connectivity index (χ4n) is 6.39. The molecule has 6 heteroatoms. The second-order valence-corrected chi connectivity index (χ2v) is 10.9. The third-order valence-corrected chi connectivity index (χ3v) is 8.33. The van der Waals surface area contributed by atoms with E-state index in [0.717, 1.165) is 56.4 Å². The van der Waals surface area contributed by atoms with Crippen LogP contribution in [0.2, 0.25) is 0 Å². The minimum Gasteiger partial charge on any atom is -0.339 e. The molecule has 2 aromatic heterocycles. The zero-order valence-corrected chi connectivity index (χ0v) is 23.5. The summed E-state index contributed by atoms with van der Waals surface area (Å²) in [6.07, 6.45) is 3.54. The summed E-state index contributed by atoms with van der Waals surface area (Å²) in [5.41, 5.74) is 8.81. The summed E-state index contributed by atoms with van der Waals surface area (Å²) in [7, 11) is 0. The monoisotopic (exact) mass is 564 g/mol. The van der Waals surface area contributed by atoms with Crippen molar-refractivity contribution in [3.05, 3.63) is 145 Å². The lowest BCUT2D eigenvalue weighted by molar-refractivity contribution is 1.27. The van der Waals surface area contributed by atoms with Gasteiger partial charge in [-0.15, -0.1) is 0 Å². The molecule has 9 rings (SSSR count). The smallest absolute Gasteiger partial charge is 0.154 e. The van der Waals surface area contributed by atoms with E-state index in [1.54, 1.807) is 12.4 Å². The van der Waals surface area contributed by atoms with Crippen LogP contribution in [0.25, 0.3) is 43.8 Å². The topological polar surface area (TPSA) is 74.6 Å². The minimum absolute atomic E-state index is 0.673. The lowest BCUT2D eigenvalue weighted by atomic mass is 9.91. The predicted molar refractivity (Wildman–Crippen MR) is 180 cm³/mol. The van der Waals surface area contributed by atoms with Crippen LogP contribution < -0.4 is 10.6 Å². The first-order valence-electron chi connectivity index (χ1n) is 14.6. The predicted octanol–water partition coefficient (Wildman–Crippen LogP) is 9.12. The molecular weight excluding hydrogens is 540 g/mol. The molecule has 0 atom stereocenters. The Labute approximate surface area is 253 Å². The highest BCUT2D eigenvalue weighted by Gasteiger charge is 2.26. The van der Waals surface area contributed by atoms with Crippen LogP contribution in [0.15, 0.2) is 144 Å². The van der Waals surface area contributed by atoms with Gasteiger partial charge >= 0.3 is 0 Å². The zero-order valence-electron chi connectivity index (χ0n) is 23.5. The third-order valence-electron chi connectivity index (χ3n) is 8.33. The van der Waals surface area contributed by atoms with Gasteiger partial charge < -0.3 is 10.6 Å². The van der Waals surface area contributed by atoms with Crippen molar-refractivity contribution in [2.24, 2.45) is 9.98 Å². The molecule has 5 aromatic carbocycles. The summed E-state index contributed by atoms with van der Waals surface area (Å²) in [6, 6.07) is 41.8. The molecule has 0 saturated carbocycles. The molecule has 0 unspecified atom stereocenters. The van der Waals surface area contributed by atoms with Crippen molar-refractivity contribution in [1.29, 1.82) is 0 Å². The Morgan fingerprint density at radius 3 is 1.34 bits per heavy atom. The number of hydrogen-bond acceptors (Lipinski definition) is 4. The van der Waals surface area contributed by atoms with Gasteiger partial charge in [-0.1, -0.05) is 84.9 Å². The van der Waals surface area contributed by atoms with Crippen molar-refractivity contribution in [2.45, 2.75) is 0 Å². The largest absolute Gasteiger partial charge is 0.339 e. The van der Waals surface area contributed by atoms with Crippen LogP contribution in [0.3, 0.4) is 0 Å². The van der Waals surface area contributed by atoms with Gasteiger partial charge in [-0.25, -0.2) is 20.0 Å². The summed E-state index contributed by atoms with van der Waals surface area (Å²) >= 11 is 0. The lowest BCUT2D eigenvalue weighted by Gasteiger charge is -2.12. The van der Waals surface area contributed by atoms with E-state index in [9.17, 15) is 0 Å². The third kappa shape index (κ3) is 3.89. The second-order valence-electron chi connectivity index (χ2n) is 10.9. The Morgan fingerprint density at radius 2 is 0.909 bits per heavy atom. The maximum absolute atomic E-state index is 4.92. The number of hydrogen-bond donors (Lipinski definition) is 2. The molecule has 2 N–H and O–H groups in total. The molecule has 0 bridgehead atoms. The van der Waals surface area contributed by atoms with E-state index in [1.807, 2.05) is 36.4 Å². The molecule has 2 aliphatic heterocycles. The Balaban J connectivity index is 1.18. The van der Waals surface area contributed by atoms with Gasteiger partial charge in [0.2, 0.25) is 0 Å². The average molecular weight is 565 g/mol. The lowest BCUT2D eigenvalue weighted by Crippen LogP contribution is -2.08. The summed E-state index contributed by atoms with van der Waals surface area (Å²) in [6.45, 7) is 0. The number of anilines is 2. The van der Waals surface area contributed by atoms with Crippen molar-refractivity contribution >= 4 is 56.2 Å². The molecule has 0 amide bonds. The number of nitrogens with one attached hydrogen (secondary N) is 2. The van der Waals surface area contributed by atoms with Crippen molar-refractivity contribution < 1.29 is 0 Å². The van der Waals surface area contributed by atoms with Crippen LogP contribution in [0, 0.1) is 0 Å². The van der Waals surface area contributed by atoms with E-state index < -0.39 is 0 Å². The summed E-state index contributed by atoms with van der Waals surface area (Å²) in [4.78, 5) is 18.7. The van der Waals surface area contributed by atoms with E-state index >= 15 is 0 Å². The van der Waals surface area contributed by atoms with Crippen molar-refractivity contribution in [1.82, 2.24) is 9.97 Å². The van der Waals surface area contributed by atoms with E-state index in [0.29, 0.717) is 11.6 Å². The first-order valence-corrected chi connectivity index (χ1v) is 14.6. The van der Waals surface area contributed by atoms with Crippen LogP contribution in [-0.2, 0) is 0 Å². The van der Waals surface area contributed by atoms with Gasteiger partial charge in [-0.05, 0) is 69.4 Å². The number of nitrogens with zero attached hydrogens (tertiary/aromatic N) is 4. The molecule has 44 heavy (non-hydrogen) atoms. The SMILES string of the molecule is c1ccc(/N=C2\Nc3cccc4ccc(-c5ccc(-c6ccc7cccc8c7c6/C(=N/c6ccccn6)N8)cc5)c2c34)nc1. The van der Waals surface area contributed by atoms with E-state index in [1.165, 1.54) is 21.5 Å². The molecule has 0 saturated heterocycles. The molecule has 0 fully saturated rings. The minimum atomic E-state index is 0.673. The van der Waals surface area contributed by atoms with Crippen LogP contribution in [0.5, 0.6) is 0 Å². The van der Waals surface area contributed by atoms with Crippen molar-refractivity contribution in [2.75, 3.05) is 10.6 Å². The van der Waals surface area contributed by atoms with Gasteiger partial charge in [0, 0.05) is 45.7 Å². The standard InChI is InChI=1S/C38H24N6/c1-3-21-39-31(11-1)43-37-35-27(19-17-25-7-5-9-29(41-37)33(25)35)23-13-15-24(16-14-23)28-20-18-26-8-6-10-30-34(26)36(28)38(42-30)44-32-12-2-4-22-40-32/h1-22H,(H,39,41,43)(H,40,42,44). The summed E-state index contributed by atoms with van der Waals surface area (Å²) in [5.74, 6) is 2.97. The van der Waals surface area contributed by atoms with Gasteiger partial charge in [0.25, 0.3) is 0 Å². The first-order chi connectivity index (χ1) is 21.8. The highest BCUT2D eigenvalue weighted by Crippen LogP contribution is 2.42. The number of aromatic nitrogens is 2. The molecule has 0 spiro atoms. The number of pyridine rings is 2. The Morgan fingerprint density at radius 1 is 0.432 bits per heavy atom.